The van der Waals surface area contributed by atoms with Crippen molar-refractivity contribution >= 4 is 29.3 Å². The molecule has 0 saturated carbocycles. The van der Waals surface area contributed by atoms with E-state index in [0.29, 0.717) is 5.02 Å². The highest BCUT2D eigenvalue weighted by molar-refractivity contribution is 6.30. The minimum atomic E-state index is -1.16. The van der Waals surface area contributed by atoms with Crippen LogP contribution in [0.25, 0.3) is 0 Å². The average molecular weight is 420 g/mol. The minimum absolute atomic E-state index is 0.0299. The van der Waals surface area contributed by atoms with Crippen LogP contribution in [0, 0.1) is 11.6 Å². The van der Waals surface area contributed by atoms with E-state index in [1.165, 1.54) is 4.90 Å². The standard InChI is InChI=1S/C21H20ClF2N3O2/c1-21(6-5-18(28)10-14-8-16(23)11-17(24)9-14)19(29)27(20(25)26-21)12-13-3-2-4-15(22)7-13/h2-4,7-9,11H,5-6,10,12H2,1H3,(H2,25,26). The smallest absolute Gasteiger partial charge is 0.257 e. The first-order chi connectivity index (χ1) is 13.7. The fourth-order valence-electron chi connectivity index (χ4n) is 3.30. The zero-order valence-corrected chi connectivity index (χ0v) is 16.5. The number of carbonyl (C=O) groups excluding carboxylic acids is 2. The number of halogens is 3. The molecular weight excluding hydrogens is 400 g/mol. The van der Waals surface area contributed by atoms with Crippen LogP contribution in [0.15, 0.2) is 47.5 Å². The number of ketones is 1. The summed E-state index contributed by atoms with van der Waals surface area (Å²) in [4.78, 5) is 30.8. The van der Waals surface area contributed by atoms with Gasteiger partial charge in [0.2, 0.25) is 0 Å². The van der Waals surface area contributed by atoms with E-state index in [4.69, 9.17) is 17.3 Å². The maximum Gasteiger partial charge on any atom is 0.257 e. The van der Waals surface area contributed by atoms with Gasteiger partial charge in [0.1, 0.15) is 23.0 Å². The molecule has 0 fully saturated rings. The van der Waals surface area contributed by atoms with Gasteiger partial charge in [-0.3, -0.25) is 14.5 Å². The highest BCUT2D eigenvalue weighted by Crippen LogP contribution is 2.28. The van der Waals surface area contributed by atoms with Gasteiger partial charge in [-0.05, 0) is 48.7 Å². The summed E-state index contributed by atoms with van der Waals surface area (Å²) in [5.74, 6) is -1.94. The first-order valence-electron chi connectivity index (χ1n) is 9.05. The molecule has 2 aromatic rings. The van der Waals surface area contributed by atoms with Crippen molar-refractivity contribution in [3.05, 3.63) is 70.2 Å². The second-order valence-corrected chi connectivity index (χ2v) is 7.69. The van der Waals surface area contributed by atoms with Crippen LogP contribution in [0.1, 0.15) is 30.9 Å². The molecule has 1 amide bonds. The molecule has 1 atom stereocenters. The Morgan fingerprint density at radius 3 is 2.52 bits per heavy atom. The third-order valence-electron chi connectivity index (χ3n) is 4.79. The van der Waals surface area contributed by atoms with Gasteiger partial charge in [0.15, 0.2) is 5.96 Å². The lowest BCUT2D eigenvalue weighted by Gasteiger charge is -2.22. The van der Waals surface area contributed by atoms with Crippen molar-refractivity contribution < 1.29 is 18.4 Å². The van der Waals surface area contributed by atoms with Crippen LogP contribution in [-0.4, -0.2) is 28.1 Å². The number of nitrogens with zero attached hydrogens (tertiary/aromatic N) is 2. The second kappa shape index (κ2) is 8.29. The highest BCUT2D eigenvalue weighted by atomic mass is 35.5. The third kappa shape index (κ3) is 4.98. The molecule has 2 aromatic carbocycles. The van der Waals surface area contributed by atoms with Crippen LogP contribution < -0.4 is 5.73 Å². The molecule has 3 rings (SSSR count). The van der Waals surface area contributed by atoms with Crippen molar-refractivity contribution in [2.24, 2.45) is 10.7 Å². The van der Waals surface area contributed by atoms with E-state index >= 15 is 0 Å². The normalized spacial score (nSPS) is 18.8. The molecule has 0 saturated heterocycles. The quantitative estimate of drug-likeness (QED) is 0.744. The van der Waals surface area contributed by atoms with Crippen LogP contribution in [0.5, 0.6) is 0 Å². The van der Waals surface area contributed by atoms with Gasteiger partial charge >= 0.3 is 0 Å². The van der Waals surface area contributed by atoms with E-state index in [1.807, 2.05) is 6.07 Å². The summed E-state index contributed by atoms with van der Waals surface area (Å²) in [6, 6.07) is 10.0. The fraction of sp³-hybridized carbons (Fsp3) is 0.286. The van der Waals surface area contributed by atoms with E-state index < -0.39 is 17.2 Å². The van der Waals surface area contributed by atoms with Crippen LogP contribution >= 0.6 is 11.6 Å². The van der Waals surface area contributed by atoms with E-state index in [-0.39, 0.29) is 49.0 Å². The second-order valence-electron chi connectivity index (χ2n) is 7.26. The van der Waals surface area contributed by atoms with Gasteiger partial charge in [0, 0.05) is 23.9 Å². The Hall–Kier alpha value is -2.80. The molecule has 0 spiro atoms. The SMILES string of the molecule is CC1(CCC(=O)Cc2cc(F)cc(F)c2)N=C(N)N(Cc2cccc(Cl)c2)C1=O. The number of nitrogens with two attached hydrogens (primary N) is 1. The van der Waals surface area contributed by atoms with Crippen LogP contribution in [0.4, 0.5) is 8.78 Å². The van der Waals surface area contributed by atoms with Gasteiger partial charge in [0.05, 0.1) is 6.54 Å². The predicted molar refractivity (Wildman–Crippen MR) is 106 cm³/mol. The molecule has 2 N–H and O–H groups in total. The van der Waals surface area contributed by atoms with Crippen LogP contribution in [0.2, 0.25) is 5.02 Å². The van der Waals surface area contributed by atoms with Gasteiger partial charge in [-0.2, -0.15) is 0 Å². The van der Waals surface area contributed by atoms with Crippen molar-refractivity contribution in [1.29, 1.82) is 0 Å². The number of rotatable bonds is 7. The lowest BCUT2D eigenvalue weighted by atomic mass is 9.93. The predicted octanol–water partition coefficient (Wildman–Crippen LogP) is 3.63. The van der Waals surface area contributed by atoms with E-state index in [1.54, 1.807) is 25.1 Å². The number of hydrogen-bond donors (Lipinski definition) is 1. The molecule has 8 heteroatoms. The van der Waals surface area contributed by atoms with Gasteiger partial charge in [-0.1, -0.05) is 23.7 Å². The van der Waals surface area contributed by atoms with Gasteiger partial charge in [-0.15, -0.1) is 0 Å². The lowest BCUT2D eigenvalue weighted by Crippen LogP contribution is -2.42. The summed E-state index contributed by atoms with van der Waals surface area (Å²) >= 11 is 5.98. The summed E-state index contributed by atoms with van der Waals surface area (Å²) in [5.41, 5.74) is 5.84. The fourth-order valence-corrected chi connectivity index (χ4v) is 3.51. The molecule has 29 heavy (non-hydrogen) atoms. The molecule has 0 aromatic heterocycles. The first kappa shape index (κ1) is 20.9. The number of guanidine groups is 1. The van der Waals surface area contributed by atoms with Gasteiger partial charge in [0.25, 0.3) is 5.91 Å². The molecule has 1 heterocycles. The van der Waals surface area contributed by atoms with Crippen LogP contribution in [-0.2, 0) is 22.6 Å². The maximum atomic E-state index is 13.3. The Labute approximate surface area is 172 Å². The monoisotopic (exact) mass is 419 g/mol. The Balaban J connectivity index is 1.63. The van der Waals surface area contributed by atoms with Crippen molar-refractivity contribution in [3.63, 3.8) is 0 Å². The first-order valence-corrected chi connectivity index (χ1v) is 9.42. The topological polar surface area (TPSA) is 75.8 Å². The average Bonchev–Trinajstić information content (AvgIpc) is 2.83. The zero-order chi connectivity index (χ0) is 21.2. The Morgan fingerprint density at radius 1 is 1.17 bits per heavy atom. The largest absolute Gasteiger partial charge is 0.369 e. The highest BCUT2D eigenvalue weighted by Gasteiger charge is 2.43. The van der Waals surface area contributed by atoms with Crippen LogP contribution in [0.3, 0.4) is 0 Å². The van der Waals surface area contributed by atoms with E-state index in [2.05, 4.69) is 4.99 Å². The number of carbonyl (C=O) groups is 2. The molecular formula is C21H20ClF2N3O2. The van der Waals surface area contributed by atoms with Gasteiger partial charge < -0.3 is 5.73 Å². The maximum absolute atomic E-state index is 13.3. The summed E-state index contributed by atoms with van der Waals surface area (Å²) < 4.78 is 26.5. The number of aliphatic imine (C=N–C) groups is 1. The zero-order valence-electron chi connectivity index (χ0n) is 15.8. The summed E-state index contributed by atoms with van der Waals surface area (Å²) in [5, 5.41) is 0.548. The number of hydrogen-bond acceptors (Lipinski definition) is 4. The lowest BCUT2D eigenvalue weighted by molar-refractivity contribution is -0.131. The summed E-state index contributed by atoms with van der Waals surface area (Å²) in [7, 11) is 0. The number of Topliss-reactive ketones (excluding diaryl/α,β-unsaturated/α-hetero) is 1. The number of benzene rings is 2. The van der Waals surface area contributed by atoms with Crippen molar-refractivity contribution in [1.82, 2.24) is 4.90 Å². The number of amides is 1. The van der Waals surface area contributed by atoms with E-state index in [9.17, 15) is 18.4 Å². The molecule has 1 aliphatic rings. The van der Waals surface area contributed by atoms with Crippen molar-refractivity contribution in [3.8, 4) is 0 Å². The Kier molecular flexibility index (Phi) is 5.98. The molecule has 152 valence electrons. The van der Waals surface area contributed by atoms with E-state index in [0.717, 1.165) is 23.8 Å². The van der Waals surface area contributed by atoms with Crippen molar-refractivity contribution in [2.45, 2.75) is 38.3 Å². The molecule has 1 aliphatic heterocycles. The Morgan fingerprint density at radius 2 is 1.86 bits per heavy atom. The Bertz CT molecular complexity index is 975. The molecule has 0 bridgehead atoms. The molecule has 5 nitrogen and oxygen atoms in total. The summed E-state index contributed by atoms with van der Waals surface area (Å²) in [6.07, 6.45) is 0.0573. The minimum Gasteiger partial charge on any atom is -0.369 e. The summed E-state index contributed by atoms with van der Waals surface area (Å²) in [6.45, 7) is 1.84. The van der Waals surface area contributed by atoms with Crippen molar-refractivity contribution in [2.75, 3.05) is 0 Å². The molecule has 1 unspecified atom stereocenters. The molecule has 0 radical (unpaired) electrons. The van der Waals surface area contributed by atoms with Gasteiger partial charge in [-0.25, -0.2) is 13.8 Å². The molecule has 0 aliphatic carbocycles. The third-order valence-corrected chi connectivity index (χ3v) is 5.02.